The first kappa shape index (κ1) is 21.9. The van der Waals surface area contributed by atoms with Gasteiger partial charge in [0, 0.05) is 0 Å². The molecule has 0 unspecified atom stereocenters. The van der Waals surface area contributed by atoms with E-state index in [1.54, 1.807) is 0 Å². The van der Waals surface area contributed by atoms with Gasteiger partial charge < -0.3 is 4.74 Å². The summed E-state index contributed by atoms with van der Waals surface area (Å²) in [6.45, 7) is 19.0. The Morgan fingerprint density at radius 2 is 1.04 bits per heavy atom. The number of hydrogen-bond donors (Lipinski definition) is 0. The van der Waals surface area contributed by atoms with Crippen LogP contribution in [0.2, 0.25) is 0 Å². The fourth-order valence-corrected chi connectivity index (χ4v) is 8.60. The van der Waals surface area contributed by atoms with E-state index in [1.807, 2.05) is 7.11 Å². The molecule has 0 saturated carbocycles. The number of benzene rings is 1. The molecule has 0 fully saturated rings. The minimum atomic E-state index is -0.00919. The summed E-state index contributed by atoms with van der Waals surface area (Å²) < 4.78 is 5.92. The Morgan fingerprint density at radius 3 is 1.29 bits per heavy atom. The lowest BCUT2D eigenvalue weighted by atomic mass is 10.1. The molecule has 1 aromatic carbocycles. The van der Waals surface area contributed by atoms with Gasteiger partial charge in [0.15, 0.2) is 0 Å². The van der Waals surface area contributed by atoms with Crippen LogP contribution in [0.5, 0.6) is 5.75 Å². The normalized spacial score (nSPS) is 12.5. The Bertz CT molecular complexity index is 438. The summed E-state index contributed by atoms with van der Waals surface area (Å²) in [5, 5.41) is 0. The first-order valence-corrected chi connectivity index (χ1v) is 12.7. The summed E-state index contributed by atoms with van der Waals surface area (Å²) in [5.41, 5.74) is 5.89. The van der Waals surface area contributed by atoms with Crippen LogP contribution in [-0.2, 0) is 12.3 Å². The van der Waals surface area contributed by atoms with E-state index in [2.05, 4.69) is 73.6 Å². The Hall–Kier alpha value is -0.120. The quantitative estimate of drug-likeness (QED) is 0.416. The van der Waals surface area contributed by atoms with Crippen molar-refractivity contribution in [2.24, 2.45) is 0 Å². The summed E-state index contributed by atoms with van der Waals surface area (Å²) >= 11 is 0. The number of methoxy groups -OCH3 is 1. The molecule has 0 aliphatic rings. The summed E-state index contributed by atoms with van der Waals surface area (Å²) in [4.78, 5) is 0. The second-order valence-corrected chi connectivity index (χ2v) is 14.6. The average Bonchev–Trinajstić information content (AvgIpc) is 2.48. The summed E-state index contributed by atoms with van der Waals surface area (Å²) in [6.07, 6.45) is 2.37. The second kappa shape index (κ2) is 10.1. The van der Waals surface area contributed by atoms with Gasteiger partial charge in [-0.2, -0.15) is 0 Å². The van der Waals surface area contributed by atoms with Crippen LogP contribution in [0.1, 0.15) is 66.5 Å². The third-order valence-electron chi connectivity index (χ3n) is 4.74. The van der Waals surface area contributed by atoms with Crippen LogP contribution >= 0.6 is 15.8 Å². The standard InChI is InChI=1S/C21H38OP2/c1-15(2)23(16(3)4)13-19-11-10-12-20(21(19)22-9)14-24(17(5)6)18(7)8/h10-12,15-18H,13-14H2,1-9H3. The van der Waals surface area contributed by atoms with Gasteiger partial charge in [0.05, 0.1) is 7.11 Å². The molecule has 3 heteroatoms. The smallest absolute Gasteiger partial charge is 0.125 e. The molecule has 1 nitrogen and oxygen atoms in total. The van der Waals surface area contributed by atoms with Crippen molar-refractivity contribution in [3.63, 3.8) is 0 Å². The molecule has 1 aromatic rings. The summed E-state index contributed by atoms with van der Waals surface area (Å²) in [7, 11) is 1.83. The molecule has 0 atom stereocenters. The average molecular weight is 368 g/mol. The zero-order valence-electron chi connectivity index (χ0n) is 17.3. The van der Waals surface area contributed by atoms with Crippen LogP contribution in [0, 0.1) is 0 Å². The molecule has 0 N–H and O–H groups in total. The van der Waals surface area contributed by atoms with Gasteiger partial charge >= 0.3 is 0 Å². The van der Waals surface area contributed by atoms with Crippen molar-refractivity contribution in [1.29, 1.82) is 0 Å². The molecule has 24 heavy (non-hydrogen) atoms. The van der Waals surface area contributed by atoms with Crippen LogP contribution in [-0.4, -0.2) is 29.7 Å². The maximum Gasteiger partial charge on any atom is 0.125 e. The molecule has 0 amide bonds. The van der Waals surface area contributed by atoms with Gasteiger partial charge in [0.2, 0.25) is 0 Å². The first-order chi connectivity index (χ1) is 11.2. The number of para-hydroxylation sites is 1. The molecule has 0 aliphatic heterocycles. The van der Waals surface area contributed by atoms with Crippen molar-refractivity contribution >= 4 is 15.8 Å². The van der Waals surface area contributed by atoms with Crippen molar-refractivity contribution < 1.29 is 4.74 Å². The molecule has 0 aromatic heterocycles. The van der Waals surface area contributed by atoms with E-state index in [1.165, 1.54) is 29.2 Å². The molecule has 1 rings (SSSR count). The highest BCUT2D eigenvalue weighted by Crippen LogP contribution is 2.53. The van der Waals surface area contributed by atoms with Crippen LogP contribution in [0.15, 0.2) is 18.2 Å². The highest BCUT2D eigenvalue weighted by atomic mass is 31.1. The molecule has 0 heterocycles. The lowest BCUT2D eigenvalue weighted by Crippen LogP contribution is -2.09. The van der Waals surface area contributed by atoms with Crippen molar-refractivity contribution in [1.82, 2.24) is 0 Å². The lowest BCUT2D eigenvalue weighted by molar-refractivity contribution is 0.407. The van der Waals surface area contributed by atoms with Gasteiger partial charge in [0.1, 0.15) is 5.75 Å². The van der Waals surface area contributed by atoms with Crippen molar-refractivity contribution in [3.05, 3.63) is 29.3 Å². The third-order valence-corrected chi connectivity index (χ3v) is 11.5. The first-order valence-electron chi connectivity index (χ1n) is 9.35. The van der Waals surface area contributed by atoms with Gasteiger partial charge in [-0.3, -0.25) is 0 Å². The SMILES string of the molecule is COc1c(CP(C(C)C)C(C)C)cccc1CP(C(C)C)C(C)C. The fourth-order valence-electron chi connectivity index (χ4n) is 3.47. The van der Waals surface area contributed by atoms with Gasteiger partial charge in [-0.25, -0.2) is 0 Å². The molecular weight excluding hydrogens is 330 g/mol. The Kier molecular flexibility index (Phi) is 9.25. The van der Waals surface area contributed by atoms with E-state index in [0.717, 1.165) is 22.6 Å². The molecule has 0 spiro atoms. The van der Waals surface area contributed by atoms with Crippen molar-refractivity contribution in [2.75, 3.05) is 7.11 Å². The number of ether oxygens (including phenoxy) is 1. The zero-order chi connectivity index (χ0) is 18.4. The highest BCUT2D eigenvalue weighted by Gasteiger charge is 2.23. The zero-order valence-corrected chi connectivity index (χ0v) is 19.0. The predicted octanol–water partition coefficient (Wildman–Crippen LogP) is 7.29. The van der Waals surface area contributed by atoms with E-state index in [-0.39, 0.29) is 15.8 Å². The topological polar surface area (TPSA) is 9.23 Å². The Morgan fingerprint density at radius 1 is 0.708 bits per heavy atom. The Balaban J connectivity index is 3.13. The van der Waals surface area contributed by atoms with Crippen LogP contribution in [0.4, 0.5) is 0 Å². The molecule has 0 bridgehead atoms. The van der Waals surface area contributed by atoms with E-state index < -0.39 is 0 Å². The van der Waals surface area contributed by atoms with E-state index in [9.17, 15) is 0 Å². The van der Waals surface area contributed by atoms with Gasteiger partial charge in [-0.15, -0.1) is 0 Å². The van der Waals surface area contributed by atoms with Gasteiger partial charge in [-0.05, 0) is 46.1 Å². The van der Waals surface area contributed by atoms with E-state index in [0.29, 0.717) is 0 Å². The lowest BCUT2D eigenvalue weighted by Gasteiger charge is -2.29. The van der Waals surface area contributed by atoms with Crippen LogP contribution < -0.4 is 4.74 Å². The summed E-state index contributed by atoms with van der Waals surface area (Å²) in [6, 6.07) is 6.82. The second-order valence-electron chi connectivity index (χ2n) is 7.83. The number of hydrogen-bond acceptors (Lipinski definition) is 1. The number of rotatable bonds is 9. The van der Waals surface area contributed by atoms with Crippen LogP contribution in [0.3, 0.4) is 0 Å². The minimum absolute atomic E-state index is 0.00919. The minimum Gasteiger partial charge on any atom is -0.496 e. The fraction of sp³-hybridized carbons (Fsp3) is 0.714. The van der Waals surface area contributed by atoms with E-state index in [4.69, 9.17) is 4.74 Å². The Labute approximate surface area is 153 Å². The van der Waals surface area contributed by atoms with Crippen LogP contribution in [0.25, 0.3) is 0 Å². The predicted molar refractivity (Wildman–Crippen MR) is 115 cm³/mol. The molecule has 138 valence electrons. The monoisotopic (exact) mass is 368 g/mol. The maximum absolute atomic E-state index is 5.92. The van der Waals surface area contributed by atoms with Gasteiger partial charge in [-0.1, -0.05) is 89.4 Å². The maximum atomic E-state index is 5.92. The largest absolute Gasteiger partial charge is 0.496 e. The third kappa shape index (κ3) is 6.00. The molecule has 0 radical (unpaired) electrons. The summed E-state index contributed by atoms with van der Waals surface area (Å²) in [5.74, 6) is 1.17. The molecule has 0 aliphatic carbocycles. The molecular formula is C21H38OP2. The highest BCUT2D eigenvalue weighted by molar-refractivity contribution is 7.58. The van der Waals surface area contributed by atoms with E-state index >= 15 is 0 Å². The molecule has 0 saturated heterocycles. The van der Waals surface area contributed by atoms with Gasteiger partial charge in [0.25, 0.3) is 0 Å². The van der Waals surface area contributed by atoms with Crippen molar-refractivity contribution in [3.8, 4) is 5.75 Å². The van der Waals surface area contributed by atoms with Crippen molar-refractivity contribution in [2.45, 2.75) is 90.3 Å².